The number of phenolic OH excluding ortho intramolecular Hbond substituents is 2. The van der Waals surface area contributed by atoms with Crippen LogP contribution in [0.4, 0.5) is 0 Å². The second-order valence-electron chi connectivity index (χ2n) is 15.6. The molecule has 0 amide bonds. The molecule has 0 aliphatic heterocycles. The van der Waals surface area contributed by atoms with Crippen molar-refractivity contribution in [1.82, 2.24) is 0 Å². The van der Waals surface area contributed by atoms with Crippen molar-refractivity contribution in [2.45, 2.75) is 111 Å². The van der Waals surface area contributed by atoms with Crippen molar-refractivity contribution in [1.29, 1.82) is 0 Å². The minimum atomic E-state index is -0.256. The van der Waals surface area contributed by atoms with Crippen LogP contribution >= 0.6 is 0 Å². The van der Waals surface area contributed by atoms with Crippen LogP contribution in [0.15, 0.2) is 64.6 Å². The molecule has 0 saturated heterocycles. The van der Waals surface area contributed by atoms with Crippen molar-refractivity contribution >= 4 is 12.4 Å². The van der Waals surface area contributed by atoms with Crippen molar-refractivity contribution < 1.29 is 10.2 Å². The Hall–Kier alpha value is -3.40. The lowest BCUT2D eigenvalue weighted by Gasteiger charge is -2.27. The van der Waals surface area contributed by atoms with Crippen molar-refractivity contribution in [3.8, 4) is 11.5 Å². The molecule has 0 fully saturated rings. The van der Waals surface area contributed by atoms with E-state index in [1.807, 2.05) is 30.3 Å². The summed E-state index contributed by atoms with van der Waals surface area (Å²) in [6.07, 6.45) is 3.57. The van der Waals surface area contributed by atoms with Crippen molar-refractivity contribution in [2.75, 3.05) is 6.54 Å². The van der Waals surface area contributed by atoms with Gasteiger partial charge in [-0.15, -0.1) is 0 Å². The fraction of sp³-hybridized carbons (Fsp3) is 0.474. The molecule has 0 spiro atoms. The topological polar surface area (TPSA) is 65.2 Å². The molecular weight excluding hydrogens is 516 g/mol. The van der Waals surface area contributed by atoms with Crippen molar-refractivity contribution in [3.63, 3.8) is 0 Å². The predicted octanol–water partition coefficient (Wildman–Crippen LogP) is 9.57. The molecule has 1 atom stereocenters. The van der Waals surface area contributed by atoms with Crippen LogP contribution in [0.25, 0.3) is 0 Å². The summed E-state index contributed by atoms with van der Waals surface area (Å²) in [6, 6.07) is 18.2. The third-order valence-electron chi connectivity index (χ3n) is 7.71. The second kappa shape index (κ2) is 12.1. The molecule has 226 valence electrons. The quantitative estimate of drug-likeness (QED) is 0.291. The first kappa shape index (κ1) is 33.1. The lowest BCUT2D eigenvalue weighted by molar-refractivity contribution is 0.443. The molecule has 4 heteroatoms. The van der Waals surface area contributed by atoms with E-state index in [-0.39, 0.29) is 39.2 Å². The van der Waals surface area contributed by atoms with Crippen LogP contribution in [0.5, 0.6) is 11.5 Å². The number of rotatable bonds is 6. The van der Waals surface area contributed by atoms with Gasteiger partial charge in [-0.25, -0.2) is 0 Å². The molecule has 2 N–H and O–H groups in total. The van der Waals surface area contributed by atoms with Gasteiger partial charge in [0.25, 0.3) is 0 Å². The maximum Gasteiger partial charge on any atom is 0.128 e. The van der Waals surface area contributed by atoms with Crippen LogP contribution in [0.3, 0.4) is 0 Å². The van der Waals surface area contributed by atoms with E-state index >= 15 is 0 Å². The summed E-state index contributed by atoms with van der Waals surface area (Å²) in [5, 5.41) is 22.5. The van der Waals surface area contributed by atoms with Crippen LogP contribution < -0.4 is 0 Å². The highest BCUT2D eigenvalue weighted by Crippen LogP contribution is 2.38. The van der Waals surface area contributed by atoms with Crippen LogP contribution in [-0.4, -0.2) is 29.2 Å². The molecule has 0 aliphatic carbocycles. The lowest BCUT2D eigenvalue weighted by atomic mass is 9.79. The number of aromatic hydroxyl groups is 2. The third kappa shape index (κ3) is 8.12. The standard InChI is InChI=1S/C38H52N2O2/c1-35(2,3)28-18-26(33(41)30(20-28)37(7,8)9)22-39-24-32(25-16-14-13-15-17-25)40-23-27-19-29(36(4,5)6)21-31(34(27)42)38(10,11)12/h13-23,32,41-42H,24H2,1-12H3. The van der Waals surface area contributed by atoms with E-state index < -0.39 is 0 Å². The van der Waals surface area contributed by atoms with Gasteiger partial charge in [-0.3, -0.25) is 9.98 Å². The molecule has 42 heavy (non-hydrogen) atoms. The third-order valence-corrected chi connectivity index (χ3v) is 7.71. The molecule has 0 radical (unpaired) electrons. The zero-order valence-corrected chi connectivity index (χ0v) is 27.9. The first-order valence-electron chi connectivity index (χ1n) is 15.0. The average Bonchev–Trinajstić information content (AvgIpc) is 2.85. The summed E-state index contributed by atoms with van der Waals surface area (Å²) in [7, 11) is 0. The monoisotopic (exact) mass is 568 g/mol. The zero-order valence-electron chi connectivity index (χ0n) is 27.9. The Labute approximate surface area is 254 Å². The first-order chi connectivity index (χ1) is 19.2. The average molecular weight is 569 g/mol. The number of nitrogens with zero attached hydrogens (tertiary/aromatic N) is 2. The van der Waals surface area contributed by atoms with E-state index in [0.29, 0.717) is 17.7 Å². The van der Waals surface area contributed by atoms with Gasteiger partial charge < -0.3 is 10.2 Å². The number of aliphatic imine (C=N–C) groups is 2. The smallest absolute Gasteiger partial charge is 0.128 e. The van der Waals surface area contributed by atoms with Crippen LogP contribution in [0.1, 0.15) is 128 Å². The Morgan fingerprint density at radius 3 is 1.43 bits per heavy atom. The van der Waals surface area contributed by atoms with Gasteiger partial charge in [-0.05, 0) is 50.5 Å². The van der Waals surface area contributed by atoms with Gasteiger partial charge in [-0.1, -0.05) is 126 Å². The summed E-state index contributed by atoms with van der Waals surface area (Å²) < 4.78 is 0. The SMILES string of the molecule is CC(C)(C)c1cc(C=NCC(N=Cc2cc(C(C)(C)C)cc(C(C)(C)C)c2O)c2ccccc2)c(O)c(C(C)(C)C)c1. The van der Waals surface area contributed by atoms with Gasteiger partial charge in [0.15, 0.2) is 0 Å². The number of hydrogen-bond donors (Lipinski definition) is 2. The van der Waals surface area contributed by atoms with Gasteiger partial charge >= 0.3 is 0 Å². The summed E-state index contributed by atoms with van der Waals surface area (Å²) >= 11 is 0. The molecule has 3 aromatic carbocycles. The Morgan fingerprint density at radius 2 is 1.02 bits per heavy atom. The van der Waals surface area contributed by atoms with E-state index in [9.17, 15) is 10.2 Å². The van der Waals surface area contributed by atoms with E-state index in [2.05, 4.69) is 107 Å². The minimum absolute atomic E-state index is 0.0668. The highest BCUT2D eigenvalue weighted by Gasteiger charge is 2.26. The van der Waals surface area contributed by atoms with Crippen LogP contribution in [0, 0.1) is 0 Å². The first-order valence-corrected chi connectivity index (χ1v) is 15.0. The Morgan fingerprint density at radius 1 is 0.595 bits per heavy atom. The Bertz CT molecular complexity index is 1440. The molecule has 1 unspecified atom stereocenters. The van der Waals surface area contributed by atoms with Crippen LogP contribution in [0.2, 0.25) is 0 Å². The van der Waals surface area contributed by atoms with E-state index in [1.165, 1.54) is 0 Å². The van der Waals surface area contributed by atoms with Crippen molar-refractivity contribution in [2.24, 2.45) is 9.98 Å². The summed E-state index contributed by atoms with van der Waals surface area (Å²) in [6.45, 7) is 26.2. The predicted molar refractivity (Wildman–Crippen MR) is 180 cm³/mol. The largest absolute Gasteiger partial charge is 0.507 e. The van der Waals surface area contributed by atoms with E-state index in [1.54, 1.807) is 12.4 Å². The van der Waals surface area contributed by atoms with Gasteiger partial charge in [0.05, 0.1) is 12.6 Å². The Balaban J connectivity index is 2.06. The minimum Gasteiger partial charge on any atom is -0.507 e. The maximum absolute atomic E-state index is 11.3. The van der Waals surface area contributed by atoms with Gasteiger partial charge in [0.1, 0.15) is 11.5 Å². The summed E-state index contributed by atoms with van der Waals surface area (Å²) in [4.78, 5) is 9.79. The van der Waals surface area contributed by atoms with Gasteiger partial charge in [0, 0.05) is 34.7 Å². The lowest BCUT2D eigenvalue weighted by Crippen LogP contribution is -2.17. The summed E-state index contributed by atoms with van der Waals surface area (Å²) in [5.74, 6) is 0.547. The molecule has 0 aliphatic rings. The molecule has 0 aromatic heterocycles. The maximum atomic E-state index is 11.3. The number of phenols is 2. The van der Waals surface area contributed by atoms with Gasteiger partial charge in [-0.2, -0.15) is 0 Å². The van der Waals surface area contributed by atoms with Gasteiger partial charge in [0.2, 0.25) is 0 Å². The van der Waals surface area contributed by atoms with E-state index in [4.69, 9.17) is 9.98 Å². The normalized spacial score (nSPS) is 14.2. The Kier molecular flexibility index (Phi) is 9.51. The molecule has 3 aromatic rings. The second-order valence-corrected chi connectivity index (χ2v) is 15.6. The van der Waals surface area contributed by atoms with E-state index in [0.717, 1.165) is 27.8 Å². The number of benzene rings is 3. The van der Waals surface area contributed by atoms with Crippen LogP contribution in [-0.2, 0) is 21.7 Å². The molecule has 0 saturated carbocycles. The molecule has 0 bridgehead atoms. The fourth-order valence-corrected chi connectivity index (χ4v) is 4.86. The molecule has 0 heterocycles. The zero-order chi connectivity index (χ0) is 31.7. The number of hydrogen-bond acceptors (Lipinski definition) is 4. The molecule has 4 nitrogen and oxygen atoms in total. The van der Waals surface area contributed by atoms with Crippen molar-refractivity contribution in [3.05, 3.63) is 93.5 Å². The summed E-state index contributed by atoms with van der Waals surface area (Å²) in [5.41, 5.74) is 6.04. The highest BCUT2D eigenvalue weighted by atomic mass is 16.3. The fourth-order valence-electron chi connectivity index (χ4n) is 4.86. The molecule has 3 rings (SSSR count). The molecular formula is C38H52N2O2. The highest BCUT2D eigenvalue weighted by molar-refractivity contribution is 5.86.